The summed E-state index contributed by atoms with van der Waals surface area (Å²) in [7, 11) is -2.92. The maximum absolute atomic E-state index is 11.5. The van der Waals surface area contributed by atoms with E-state index < -0.39 is 9.84 Å². The fourth-order valence-electron chi connectivity index (χ4n) is 1.98. The van der Waals surface area contributed by atoms with Crippen LogP contribution in [0, 0.1) is 0 Å². The largest absolute Gasteiger partial charge is 0.312 e. The summed E-state index contributed by atoms with van der Waals surface area (Å²) in [4.78, 5) is 0. The molecule has 2 rings (SSSR count). The van der Waals surface area contributed by atoms with E-state index >= 15 is 0 Å². The van der Waals surface area contributed by atoms with Crippen molar-refractivity contribution in [2.24, 2.45) is 0 Å². The summed E-state index contributed by atoms with van der Waals surface area (Å²) in [5.41, 5.74) is 3.50. The second-order valence-corrected chi connectivity index (χ2v) is 6.56. The normalized spacial score (nSPS) is 15.8. The third kappa shape index (κ3) is 2.62. The van der Waals surface area contributed by atoms with Crippen LogP contribution in [0.1, 0.15) is 23.6 Å². The number of nitrogens with one attached hydrogen (secondary N) is 1. The van der Waals surface area contributed by atoms with Crippen LogP contribution in [0.15, 0.2) is 18.2 Å². The van der Waals surface area contributed by atoms with Crippen LogP contribution in [-0.4, -0.2) is 20.7 Å². The average molecular weight is 239 g/mol. The molecule has 0 saturated heterocycles. The number of benzene rings is 1. The van der Waals surface area contributed by atoms with Gasteiger partial charge in [0, 0.05) is 12.3 Å². The van der Waals surface area contributed by atoms with Crippen molar-refractivity contribution in [1.29, 1.82) is 0 Å². The van der Waals surface area contributed by atoms with Gasteiger partial charge in [-0.2, -0.15) is 0 Å². The van der Waals surface area contributed by atoms with Crippen molar-refractivity contribution in [3.63, 3.8) is 0 Å². The Morgan fingerprint density at radius 3 is 2.88 bits per heavy atom. The van der Waals surface area contributed by atoms with Crippen LogP contribution in [-0.2, 0) is 28.6 Å². The standard InChI is InChI=1S/C12H17NO2S/c1-2-16(14,15)9-10-3-4-11-5-6-13-8-12(11)7-10/h3-4,7,13H,2,5-6,8-9H2,1H3. The van der Waals surface area contributed by atoms with E-state index in [1.54, 1.807) is 6.92 Å². The lowest BCUT2D eigenvalue weighted by Gasteiger charge is -2.17. The molecule has 1 aromatic carbocycles. The zero-order valence-corrected chi connectivity index (χ0v) is 10.3. The molecule has 0 bridgehead atoms. The van der Waals surface area contributed by atoms with Gasteiger partial charge in [-0.15, -0.1) is 0 Å². The molecule has 0 atom stereocenters. The smallest absolute Gasteiger partial charge is 0.154 e. The lowest BCUT2D eigenvalue weighted by molar-refractivity contribution is 0.596. The third-order valence-electron chi connectivity index (χ3n) is 2.98. The quantitative estimate of drug-likeness (QED) is 0.864. The molecule has 0 radical (unpaired) electrons. The molecular weight excluding hydrogens is 222 g/mol. The molecule has 4 heteroatoms. The maximum Gasteiger partial charge on any atom is 0.154 e. The first-order chi connectivity index (χ1) is 7.61. The van der Waals surface area contributed by atoms with Gasteiger partial charge < -0.3 is 5.32 Å². The summed E-state index contributed by atoms with van der Waals surface area (Å²) < 4.78 is 23.0. The molecular formula is C12H17NO2S. The topological polar surface area (TPSA) is 46.2 Å². The Hall–Kier alpha value is -0.870. The zero-order valence-electron chi connectivity index (χ0n) is 9.49. The van der Waals surface area contributed by atoms with Gasteiger partial charge in [0.2, 0.25) is 0 Å². The van der Waals surface area contributed by atoms with Crippen LogP contribution in [0.2, 0.25) is 0 Å². The summed E-state index contributed by atoms with van der Waals surface area (Å²) in [6.45, 7) is 3.56. The van der Waals surface area contributed by atoms with Crippen LogP contribution in [0.3, 0.4) is 0 Å². The monoisotopic (exact) mass is 239 g/mol. The molecule has 0 fully saturated rings. The first-order valence-corrected chi connectivity index (χ1v) is 7.44. The molecule has 1 heterocycles. The Balaban J connectivity index is 2.24. The molecule has 1 aliphatic heterocycles. The van der Waals surface area contributed by atoms with Gasteiger partial charge in [-0.25, -0.2) is 8.42 Å². The first-order valence-electron chi connectivity index (χ1n) is 5.62. The summed E-state index contributed by atoms with van der Waals surface area (Å²) in [5, 5.41) is 3.30. The Morgan fingerprint density at radius 1 is 1.31 bits per heavy atom. The minimum Gasteiger partial charge on any atom is -0.312 e. The predicted molar refractivity (Wildman–Crippen MR) is 65.0 cm³/mol. The number of sulfone groups is 1. The van der Waals surface area contributed by atoms with Gasteiger partial charge in [0.15, 0.2) is 9.84 Å². The fourth-order valence-corrected chi connectivity index (χ4v) is 2.87. The summed E-state index contributed by atoms with van der Waals surface area (Å²) in [6.07, 6.45) is 1.04. The van der Waals surface area contributed by atoms with Gasteiger partial charge in [0.1, 0.15) is 0 Å². The number of fused-ring (bicyclic) bond motifs is 1. The van der Waals surface area contributed by atoms with Crippen LogP contribution in [0.25, 0.3) is 0 Å². The van der Waals surface area contributed by atoms with Crippen molar-refractivity contribution in [2.75, 3.05) is 12.3 Å². The van der Waals surface area contributed by atoms with E-state index in [1.165, 1.54) is 11.1 Å². The molecule has 0 aliphatic carbocycles. The van der Waals surface area contributed by atoms with Crippen molar-refractivity contribution < 1.29 is 8.42 Å². The minimum absolute atomic E-state index is 0.163. The lowest BCUT2D eigenvalue weighted by atomic mass is 9.99. The van der Waals surface area contributed by atoms with E-state index in [-0.39, 0.29) is 11.5 Å². The Kier molecular flexibility index (Phi) is 3.30. The summed E-state index contributed by atoms with van der Waals surface area (Å²) in [5.74, 6) is 0.374. The van der Waals surface area contributed by atoms with E-state index in [0.29, 0.717) is 0 Å². The van der Waals surface area contributed by atoms with Crippen molar-refractivity contribution in [1.82, 2.24) is 5.32 Å². The van der Waals surface area contributed by atoms with E-state index in [1.807, 2.05) is 12.1 Å². The van der Waals surface area contributed by atoms with E-state index in [9.17, 15) is 8.42 Å². The molecule has 1 aliphatic rings. The van der Waals surface area contributed by atoms with Crippen LogP contribution < -0.4 is 5.32 Å². The number of rotatable bonds is 3. The highest BCUT2D eigenvalue weighted by molar-refractivity contribution is 7.90. The summed E-state index contributed by atoms with van der Waals surface area (Å²) >= 11 is 0. The predicted octanol–water partition coefficient (Wildman–Crippen LogP) is 1.27. The average Bonchev–Trinajstić information content (AvgIpc) is 2.28. The van der Waals surface area contributed by atoms with Gasteiger partial charge in [-0.05, 0) is 29.7 Å². The molecule has 0 unspecified atom stereocenters. The zero-order chi connectivity index (χ0) is 11.6. The molecule has 3 nitrogen and oxygen atoms in total. The molecule has 1 aromatic rings. The van der Waals surface area contributed by atoms with E-state index in [0.717, 1.165) is 25.1 Å². The second-order valence-electron chi connectivity index (χ2n) is 4.21. The minimum atomic E-state index is -2.92. The first kappa shape index (κ1) is 11.6. The van der Waals surface area contributed by atoms with Crippen molar-refractivity contribution >= 4 is 9.84 Å². The molecule has 0 amide bonds. The highest BCUT2D eigenvalue weighted by atomic mass is 32.2. The number of hydrogen-bond donors (Lipinski definition) is 1. The van der Waals surface area contributed by atoms with Crippen molar-refractivity contribution in [3.05, 3.63) is 34.9 Å². The van der Waals surface area contributed by atoms with Crippen LogP contribution in [0.5, 0.6) is 0 Å². The lowest BCUT2D eigenvalue weighted by Crippen LogP contribution is -2.23. The molecule has 0 saturated carbocycles. The fraction of sp³-hybridized carbons (Fsp3) is 0.500. The maximum atomic E-state index is 11.5. The van der Waals surface area contributed by atoms with Crippen LogP contribution >= 0.6 is 0 Å². The van der Waals surface area contributed by atoms with Crippen molar-refractivity contribution in [2.45, 2.75) is 25.6 Å². The van der Waals surface area contributed by atoms with Gasteiger partial charge in [-0.3, -0.25) is 0 Å². The van der Waals surface area contributed by atoms with E-state index in [2.05, 4.69) is 11.4 Å². The van der Waals surface area contributed by atoms with Gasteiger partial charge in [-0.1, -0.05) is 25.1 Å². The van der Waals surface area contributed by atoms with Crippen LogP contribution in [0.4, 0.5) is 0 Å². The highest BCUT2D eigenvalue weighted by Crippen LogP contribution is 2.17. The van der Waals surface area contributed by atoms with Crippen molar-refractivity contribution in [3.8, 4) is 0 Å². The highest BCUT2D eigenvalue weighted by Gasteiger charge is 2.12. The van der Waals surface area contributed by atoms with Gasteiger partial charge in [0.25, 0.3) is 0 Å². The molecule has 16 heavy (non-hydrogen) atoms. The molecule has 88 valence electrons. The Morgan fingerprint density at radius 2 is 2.12 bits per heavy atom. The Bertz CT molecular complexity index is 480. The molecule has 0 aromatic heterocycles. The molecule has 0 spiro atoms. The van der Waals surface area contributed by atoms with E-state index in [4.69, 9.17) is 0 Å². The SMILES string of the molecule is CCS(=O)(=O)Cc1ccc2c(c1)CNCC2. The Labute approximate surface area is 96.8 Å². The summed E-state index contributed by atoms with van der Waals surface area (Å²) in [6, 6.07) is 6.03. The third-order valence-corrected chi connectivity index (χ3v) is 4.64. The molecule has 1 N–H and O–H groups in total. The van der Waals surface area contributed by atoms with Gasteiger partial charge >= 0.3 is 0 Å². The number of hydrogen-bond acceptors (Lipinski definition) is 3. The second kappa shape index (κ2) is 4.55. The van der Waals surface area contributed by atoms with Gasteiger partial charge in [0.05, 0.1) is 5.75 Å².